The van der Waals surface area contributed by atoms with Gasteiger partial charge in [0.15, 0.2) is 22.2 Å². The van der Waals surface area contributed by atoms with Gasteiger partial charge in [-0.25, -0.2) is 13.2 Å². The highest BCUT2D eigenvalue weighted by atomic mass is 32.2. The van der Waals surface area contributed by atoms with Gasteiger partial charge in [0.1, 0.15) is 0 Å². The highest BCUT2D eigenvalue weighted by molar-refractivity contribution is 7.91. The number of nitrogens with zero attached hydrogens (tertiary/aromatic N) is 1. The van der Waals surface area contributed by atoms with Gasteiger partial charge in [-0.2, -0.15) is 0 Å². The van der Waals surface area contributed by atoms with Crippen LogP contribution in [0.25, 0.3) is 0 Å². The summed E-state index contributed by atoms with van der Waals surface area (Å²) in [6, 6.07) is 14.4. The summed E-state index contributed by atoms with van der Waals surface area (Å²) in [5.41, 5.74) is 0.692. The summed E-state index contributed by atoms with van der Waals surface area (Å²) >= 11 is 0. The number of hydrogen-bond acceptors (Lipinski definition) is 6. The molecule has 0 aromatic heterocycles. The molecule has 1 atom stereocenters. The van der Waals surface area contributed by atoms with E-state index in [9.17, 15) is 22.8 Å². The molecular formula is C21H21NO6S. The predicted molar refractivity (Wildman–Crippen MR) is 106 cm³/mol. The second kappa shape index (κ2) is 8.57. The third kappa shape index (κ3) is 4.89. The monoisotopic (exact) mass is 415 g/mol. The molecule has 8 heteroatoms. The molecule has 1 saturated heterocycles. The van der Waals surface area contributed by atoms with Crippen LogP contribution in [0.15, 0.2) is 54.6 Å². The smallest absolute Gasteiger partial charge is 0.339 e. The lowest BCUT2D eigenvalue weighted by Gasteiger charge is -2.23. The topological polar surface area (TPSA) is 97.8 Å². The zero-order chi connectivity index (χ0) is 21.0. The molecule has 1 amide bonds. The number of amides is 1. The van der Waals surface area contributed by atoms with Gasteiger partial charge in [0, 0.05) is 24.2 Å². The van der Waals surface area contributed by atoms with Gasteiger partial charge in [-0.1, -0.05) is 48.5 Å². The van der Waals surface area contributed by atoms with E-state index in [2.05, 4.69) is 0 Å². The lowest BCUT2D eigenvalue weighted by molar-refractivity contribution is -0.134. The second-order valence-corrected chi connectivity index (χ2v) is 9.11. The van der Waals surface area contributed by atoms with E-state index in [-0.39, 0.29) is 28.4 Å². The van der Waals surface area contributed by atoms with E-state index in [0.29, 0.717) is 12.0 Å². The summed E-state index contributed by atoms with van der Waals surface area (Å²) in [7, 11) is -1.63. The number of hydrogen-bond donors (Lipinski definition) is 0. The van der Waals surface area contributed by atoms with Crippen molar-refractivity contribution >= 4 is 27.5 Å². The summed E-state index contributed by atoms with van der Waals surface area (Å²) in [5.74, 6) is -1.64. The molecule has 7 nitrogen and oxygen atoms in total. The number of carbonyl (C=O) groups excluding carboxylic acids is 3. The summed E-state index contributed by atoms with van der Waals surface area (Å²) in [6.45, 7) is -0.528. The van der Waals surface area contributed by atoms with Crippen LogP contribution in [0.1, 0.15) is 32.7 Å². The fourth-order valence-corrected chi connectivity index (χ4v) is 4.97. The van der Waals surface area contributed by atoms with Crippen LogP contribution in [0.2, 0.25) is 0 Å². The fourth-order valence-electron chi connectivity index (χ4n) is 3.20. The van der Waals surface area contributed by atoms with Crippen molar-refractivity contribution in [3.05, 3.63) is 71.3 Å². The first-order chi connectivity index (χ1) is 13.8. The molecule has 3 rings (SSSR count). The highest BCUT2D eigenvalue weighted by Gasteiger charge is 2.33. The molecule has 29 heavy (non-hydrogen) atoms. The number of ether oxygens (including phenoxy) is 1. The van der Waals surface area contributed by atoms with Crippen LogP contribution in [0, 0.1) is 0 Å². The number of carbonyl (C=O) groups is 3. The van der Waals surface area contributed by atoms with Crippen LogP contribution < -0.4 is 0 Å². The Labute approximate surface area is 169 Å². The second-order valence-electron chi connectivity index (χ2n) is 6.88. The van der Waals surface area contributed by atoms with Crippen molar-refractivity contribution in [2.75, 3.05) is 25.2 Å². The van der Waals surface area contributed by atoms with Crippen molar-refractivity contribution in [3.63, 3.8) is 0 Å². The average Bonchev–Trinajstić information content (AvgIpc) is 3.10. The molecule has 1 unspecified atom stereocenters. The SMILES string of the molecule is CN(C(=O)COC(=O)c1ccccc1C(=O)c1ccccc1)C1CCS(=O)(=O)C1. The Balaban J connectivity index is 1.67. The number of rotatable bonds is 6. The lowest BCUT2D eigenvalue weighted by atomic mass is 9.98. The zero-order valence-electron chi connectivity index (χ0n) is 15.9. The third-order valence-electron chi connectivity index (χ3n) is 4.90. The third-order valence-corrected chi connectivity index (χ3v) is 6.65. The van der Waals surface area contributed by atoms with E-state index in [0.717, 1.165) is 0 Å². The molecule has 0 saturated carbocycles. The maximum Gasteiger partial charge on any atom is 0.339 e. The number of benzene rings is 2. The molecule has 1 aliphatic rings. The van der Waals surface area contributed by atoms with Crippen LogP contribution in [-0.2, 0) is 19.4 Å². The Hall–Kier alpha value is -3.00. The molecular weight excluding hydrogens is 394 g/mol. The number of likely N-dealkylation sites (N-methyl/N-ethyl adjacent to an activating group) is 1. The van der Waals surface area contributed by atoms with Crippen molar-refractivity contribution in [1.29, 1.82) is 0 Å². The van der Waals surface area contributed by atoms with Crippen molar-refractivity contribution in [1.82, 2.24) is 4.90 Å². The van der Waals surface area contributed by atoms with Crippen LogP contribution in [-0.4, -0.2) is 62.2 Å². The normalized spacial score (nSPS) is 17.5. The van der Waals surface area contributed by atoms with E-state index in [4.69, 9.17) is 4.74 Å². The van der Waals surface area contributed by atoms with Crippen LogP contribution in [0.5, 0.6) is 0 Å². The fraction of sp³-hybridized carbons (Fsp3) is 0.286. The average molecular weight is 415 g/mol. The molecule has 0 N–H and O–H groups in total. The molecule has 1 aliphatic heterocycles. The quantitative estimate of drug-likeness (QED) is 0.526. The van der Waals surface area contributed by atoms with Crippen LogP contribution in [0.4, 0.5) is 0 Å². The van der Waals surface area contributed by atoms with Gasteiger partial charge in [0.25, 0.3) is 5.91 Å². The Morgan fingerprint density at radius 2 is 1.62 bits per heavy atom. The Kier molecular flexibility index (Phi) is 6.12. The number of sulfone groups is 1. The van der Waals surface area contributed by atoms with Gasteiger partial charge < -0.3 is 9.64 Å². The van der Waals surface area contributed by atoms with Crippen molar-refractivity contribution in [2.24, 2.45) is 0 Å². The zero-order valence-corrected chi connectivity index (χ0v) is 16.7. The molecule has 2 aromatic carbocycles. The molecule has 0 aliphatic carbocycles. The molecule has 0 bridgehead atoms. The minimum Gasteiger partial charge on any atom is -0.452 e. The lowest BCUT2D eigenvalue weighted by Crippen LogP contribution is -2.40. The molecule has 1 heterocycles. The van der Waals surface area contributed by atoms with Crippen molar-refractivity contribution in [2.45, 2.75) is 12.5 Å². The molecule has 0 radical (unpaired) electrons. The molecule has 152 valence electrons. The van der Waals surface area contributed by atoms with Gasteiger partial charge in [-0.15, -0.1) is 0 Å². The maximum atomic E-state index is 12.7. The summed E-state index contributed by atoms with van der Waals surface area (Å²) in [4.78, 5) is 38.8. The standard InChI is InChI=1S/C21H21NO6S/c1-22(16-11-12-29(26,27)14-16)19(23)13-28-21(25)18-10-6-5-9-17(18)20(24)15-7-3-2-4-8-15/h2-10,16H,11-14H2,1H3. The molecule has 2 aromatic rings. The van der Waals surface area contributed by atoms with E-state index in [1.807, 2.05) is 0 Å². The summed E-state index contributed by atoms with van der Waals surface area (Å²) in [5, 5.41) is 0. The van der Waals surface area contributed by atoms with Crippen LogP contribution >= 0.6 is 0 Å². The van der Waals surface area contributed by atoms with Gasteiger partial charge >= 0.3 is 5.97 Å². The summed E-state index contributed by atoms with van der Waals surface area (Å²) in [6.07, 6.45) is 0.368. The van der Waals surface area contributed by atoms with Gasteiger partial charge in [0.2, 0.25) is 0 Å². The first kappa shape index (κ1) is 20.7. The Morgan fingerprint density at radius 1 is 1.00 bits per heavy atom. The largest absolute Gasteiger partial charge is 0.452 e. The Bertz CT molecular complexity index is 1030. The van der Waals surface area contributed by atoms with Crippen molar-refractivity contribution < 1.29 is 27.5 Å². The van der Waals surface area contributed by atoms with Crippen LogP contribution in [0.3, 0.4) is 0 Å². The maximum absolute atomic E-state index is 12.7. The van der Waals surface area contributed by atoms with Gasteiger partial charge in [-0.3, -0.25) is 9.59 Å². The number of ketones is 1. The van der Waals surface area contributed by atoms with E-state index in [1.54, 1.807) is 42.5 Å². The molecule has 0 spiro atoms. The van der Waals surface area contributed by atoms with Crippen molar-refractivity contribution in [3.8, 4) is 0 Å². The first-order valence-corrected chi connectivity index (χ1v) is 10.9. The molecule has 1 fully saturated rings. The van der Waals surface area contributed by atoms with E-state index < -0.39 is 34.4 Å². The van der Waals surface area contributed by atoms with Gasteiger partial charge in [-0.05, 0) is 12.5 Å². The van der Waals surface area contributed by atoms with Gasteiger partial charge in [0.05, 0.1) is 17.1 Å². The minimum atomic E-state index is -3.13. The first-order valence-electron chi connectivity index (χ1n) is 9.10. The predicted octanol–water partition coefficient (Wildman–Crippen LogP) is 1.72. The number of esters is 1. The van der Waals surface area contributed by atoms with E-state index >= 15 is 0 Å². The Morgan fingerprint density at radius 3 is 2.24 bits per heavy atom. The minimum absolute atomic E-state index is 0.0457. The van der Waals surface area contributed by atoms with E-state index in [1.165, 1.54) is 24.1 Å². The highest BCUT2D eigenvalue weighted by Crippen LogP contribution is 2.18. The summed E-state index contributed by atoms with van der Waals surface area (Å²) < 4.78 is 28.3.